The van der Waals surface area contributed by atoms with Crippen molar-refractivity contribution in [2.75, 3.05) is 0 Å². The van der Waals surface area contributed by atoms with Crippen LogP contribution in [0.3, 0.4) is 0 Å². The molecule has 3 rings (SSSR count). The first-order chi connectivity index (χ1) is 7.64. The summed E-state index contributed by atoms with van der Waals surface area (Å²) in [4.78, 5) is 0. The molecule has 86 valence electrons. The fraction of sp³-hybridized carbons (Fsp3) is 0.600. The lowest BCUT2D eigenvalue weighted by Gasteiger charge is -2.11. The van der Waals surface area contributed by atoms with Crippen molar-refractivity contribution in [3.63, 3.8) is 0 Å². The van der Waals surface area contributed by atoms with E-state index in [9.17, 15) is 0 Å². The smallest absolute Gasteiger partial charge is 0.0381 e. The highest BCUT2D eigenvalue weighted by Gasteiger charge is 2.48. The van der Waals surface area contributed by atoms with Gasteiger partial charge in [-0.15, -0.1) is 0 Å². The van der Waals surface area contributed by atoms with Gasteiger partial charge in [-0.05, 0) is 74.0 Å². The van der Waals surface area contributed by atoms with Gasteiger partial charge in [-0.2, -0.15) is 0 Å². The first-order valence-electron chi connectivity index (χ1n) is 6.51. The molecule has 3 aliphatic rings. The van der Waals surface area contributed by atoms with E-state index >= 15 is 0 Å². The molecule has 2 saturated carbocycles. The molecule has 0 aromatic rings. The molecule has 0 aliphatic heterocycles. The van der Waals surface area contributed by atoms with Crippen molar-refractivity contribution >= 4 is 0 Å². The topological polar surface area (TPSA) is 26.0 Å². The van der Waals surface area contributed by atoms with Gasteiger partial charge >= 0.3 is 0 Å². The molecule has 0 heterocycles. The van der Waals surface area contributed by atoms with Crippen molar-refractivity contribution in [2.45, 2.75) is 51.9 Å². The first-order valence-corrected chi connectivity index (χ1v) is 6.51. The molecule has 0 unspecified atom stereocenters. The van der Waals surface area contributed by atoms with E-state index in [0.29, 0.717) is 5.41 Å². The van der Waals surface area contributed by atoms with E-state index in [4.69, 9.17) is 5.73 Å². The van der Waals surface area contributed by atoms with Crippen molar-refractivity contribution in [1.82, 2.24) is 0 Å². The molecule has 3 aliphatic carbocycles. The monoisotopic (exact) mass is 215 g/mol. The van der Waals surface area contributed by atoms with Crippen LogP contribution in [-0.4, -0.2) is 0 Å². The highest BCUT2D eigenvalue weighted by molar-refractivity contribution is 5.49. The van der Waals surface area contributed by atoms with Crippen LogP contribution in [0.25, 0.3) is 0 Å². The third kappa shape index (κ3) is 1.30. The maximum Gasteiger partial charge on any atom is 0.0381 e. The van der Waals surface area contributed by atoms with Gasteiger partial charge in [0, 0.05) is 5.70 Å². The molecule has 2 fully saturated rings. The van der Waals surface area contributed by atoms with E-state index in [2.05, 4.69) is 13.5 Å². The molecular formula is C15H21N. The zero-order chi connectivity index (χ0) is 11.3. The van der Waals surface area contributed by atoms with Crippen LogP contribution < -0.4 is 5.73 Å². The van der Waals surface area contributed by atoms with Gasteiger partial charge in [0.1, 0.15) is 0 Å². The molecule has 0 saturated heterocycles. The van der Waals surface area contributed by atoms with Gasteiger partial charge in [0.05, 0.1) is 0 Å². The van der Waals surface area contributed by atoms with Crippen LogP contribution >= 0.6 is 0 Å². The van der Waals surface area contributed by atoms with Crippen LogP contribution in [0.4, 0.5) is 0 Å². The van der Waals surface area contributed by atoms with Gasteiger partial charge in [0.25, 0.3) is 0 Å². The largest absolute Gasteiger partial charge is 0.398 e. The molecule has 1 nitrogen and oxygen atoms in total. The SMILES string of the molecule is C=C1CCC/C1=C(\N)C1=C(C)C2(CC1)CC2. The lowest BCUT2D eigenvalue weighted by atomic mass is 9.97. The molecule has 1 heteroatoms. The molecule has 1 spiro atoms. The third-order valence-electron chi connectivity index (χ3n) is 4.94. The minimum atomic E-state index is 0.584. The molecule has 0 amide bonds. The predicted octanol–water partition coefficient (Wildman–Crippen LogP) is 3.83. The van der Waals surface area contributed by atoms with Crippen molar-refractivity contribution in [3.05, 3.63) is 34.6 Å². The molecule has 0 radical (unpaired) electrons. The minimum Gasteiger partial charge on any atom is -0.398 e. The van der Waals surface area contributed by atoms with E-state index in [-0.39, 0.29) is 0 Å². The number of hydrogen-bond donors (Lipinski definition) is 1. The highest BCUT2D eigenvalue weighted by atomic mass is 14.6. The lowest BCUT2D eigenvalue weighted by Crippen LogP contribution is -2.05. The Morgan fingerprint density at radius 1 is 1.19 bits per heavy atom. The van der Waals surface area contributed by atoms with Crippen molar-refractivity contribution in [1.29, 1.82) is 0 Å². The Hall–Kier alpha value is -0.980. The lowest BCUT2D eigenvalue weighted by molar-refractivity contribution is 0.598. The van der Waals surface area contributed by atoms with E-state index in [1.807, 2.05) is 0 Å². The maximum absolute atomic E-state index is 6.37. The van der Waals surface area contributed by atoms with Crippen LogP contribution in [0.1, 0.15) is 51.9 Å². The predicted molar refractivity (Wildman–Crippen MR) is 67.8 cm³/mol. The molecule has 0 atom stereocenters. The standard InChI is InChI=1S/C15H21N/c1-10-4-3-5-12(10)14(16)13-6-7-15(8-9-15)11(13)2/h1,3-9,16H2,2H3/b14-12+. The molecule has 16 heavy (non-hydrogen) atoms. The highest BCUT2D eigenvalue weighted by Crippen LogP contribution is 2.61. The van der Waals surface area contributed by atoms with Crippen LogP contribution in [0.2, 0.25) is 0 Å². The van der Waals surface area contributed by atoms with Crippen LogP contribution in [0.5, 0.6) is 0 Å². The van der Waals surface area contributed by atoms with E-state index < -0.39 is 0 Å². The Morgan fingerprint density at radius 2 is 1.94 bits per heavy atom. The fourth-order valence-corrected chi connectivity index (χ4v) is 3.49. The second-order valence-corrected chi connectivity index (χ2v) is 5.73. The van der Waals surface area contributed by atoms with E-state index in [0.717, 1.165) is 18.5 Å². The van der Waals surface area contributed by atoms with Crippen LogP contribution in [0.15, 0.2) is 34.6 Å². The van der Waals surface area contributed by atoms with Crippen LogP contribution in [-0.2, 0) is 0 Å². The summed E-state index contributed by atoms with van der Waals surface area (Å²) >= 11 is 0. The summed E-state index contributed by atoms with van der Waals surface area (Å²) in [7, 11) is 0. The average Bonchev–Trinajstić information content (AvgIpc) is 2.82. The maximum atomic E-state index is 6.37. The first kappa shape index (κ1) is 10.2. The van der Waals surface area contributed by atoms with Crippen molar-refractivity contribution in [2.24, 2.45) is 11.1 Å². The Kier molecular flexibility index (Phi) is 2.07. The second kappa shape index (κ2) is 3.26. The third-order valence-corrected chi connectivity index (χ3v) is 4.94. The Labute approximate surface area is 98.1 Å². The Bertz CT molecular complexity index is 419. The van der Waals surface area contributed by atoms with Gasteiger partial charge in [-0.25, -0.2) is 0 Å². The van der Waals surface area contributed by atoms with Gasteiger partial charge in [-0.1, -0.05) is 12.2 Å². The normalized spacial score (nSPS) is 30.4. The summed E-state index contributed by atoms with van der Waals surface area (Å²) in [5.41, 5.74) is 13.8. The second-order valence-electron chi connectivity index (χ2n) is 5.73. The number of allylic oxidation sites excluding steroid dienone is 4. The summed E-state index contributed by atoms with van der Waals surface area (Å²) in [6, 6.07) is 0. The summed E-state index contributed by atoms with van der Waals surface area (Å²) in [5, 5.41) is 0. The zero-order valence-electron chi connectivity index (χ0n) is 10.2. The summed E-state index contributed by atoms with van der Waals surface area (Å²) in [6.07, 6.45) is 8.87. The molecule has 0 aromatic carbocycles. The van der Waals surface area contributed by atoms with Gasteiger partial charge < -0.3 is 5.73 Å². The quantitative estimate of drug-likeness (QED) is 0.707. The molecule has 0 bridgehead atoms. The summed E-state index contributed by atoms with van der Waals surface area (Å²) in [6.45, 7) is 6.45. The number of nitrogens with two attached hydrogens (primary N) is 1. The fourth-order valence-electron chi connectivity index (χ4n) is 3.49. The van der Waals surface area contributed by atoms with Crippen LogP contribution in [0, 0.1) is 5.41 Å². The molecule has 2 N–H and O–H groups in total. The van der Waals surface area contributed by atoms with Crippen molar-refractivity contribution < 1.29 is 0 Å². The minimum absolute atomic E-state index is 0.584. The summed E-state index contributed by atoms with van der Waals surface area (Å²) in [5.74, 6) is 0. The number of rotatable bonds is 1. The average molecular weight is 215 g/mol. The van der Waals surface area contributed by atoms with Crippen molar-refractivity contribution in [3.8, 4) is 0 Å². The molecule has 0 aromatic heterocycles. The summed E-state index contributed by atoms with van der Waals surface area (Å²) < 4.78 is 0. The van der Waals surface area contributed by atoms with E-state index in [1.54, 1.807) is 5.57 Å². The number of hydrogen-bond acceptors (Lipinski definition) is 1. The zero-order valence-corrected chi connectivity index (χ0v) is 10.2. The molecular weight excluding hydrogens is 194 g/mol. The van der Waals surface area contributed by atoms with Gasteiger partial charge in [0.15, 0.2) is 0 Å². The van der Waals surface area contributed by atoms with Gasteiger partial charge in [-0.3, -0.25) is 0 Å². The Balaban J connectivity index is 1.99. The van der Waals surface area contributed by atoms with E-state index in [1.165, 1.54) is 48.8 Å². The van der Waals surface area contributed by atoms with Gasteiger partial charge in [0.2, 0.25) is 0 Å². The Morgan fingerprint density at radius 3 is 2.44 bits per heavy atom.